The number of fused-ring (bicyclic) bond motifs is 4. The molecule has 2 aromatic carbocycles. The van der Waals surface area contributed by atoms with E-state index in [0.29, 0.717) is 18.9 Å². The first-order valence-corrected chi connectivity index (χ1v) is 8.93. The van der Waals surface area contributed by atoms with Gasteiger partial charge in [0.25, 0.3) is 0 Å². The van der Waals surface area contributed by atoms with Crippen LogP contribution in [0.1, 0.15) is 11.3 Å². The van der Waals surface area contributed by atoms with E-state index in [0.717, 1.165) is 17.3 Å². The van der Waals surface area contributed by atoms with Crippen molar-refractivity contribution < 1.29 is 9.63 Å². The Morgan fingerprint density at radius 3 is 2.81 bits per heavy atom. The van der Waals surface area contributed by atoms with E-state index in [1.54, 1.807) is 5.06 Å². The van der Waals surface area contributed by atoms with Gasteiger partial charge in [0.05, 0.1) is 12.1 Å². The van der Waals surface area contributed by atoms with Crippen molar-refractivity contribution >= 4 is 33.7 Å². The molecule has 136 valence electrons. The summed E-state index contributed by atoms with van der Waals surface area (Å²) in [5.74, 6) is 0.470. The van der Waals surface area contributed by atoms with Crippen molar-refractivity contribution in [2.45, 2.75) is 13.0 Å². The maximum atomic E-state index is 12.4. The summed E-state index contributed by atoms with van der Waals surface area (Å²) in [5, 5.41) is 13.6. The Morgan fingerprint density at radius 1 is 1.15 bits per heavy atom. The van der Waals surface area contributed by atoms with Gasteiger partial charge in [-0.25, -0.2) is 4.79 Å². The number of anilines is 1. The van der Waals surface area contributed by atoms with Crippen molar-refractivity contribution in [1.29, 1.82) is 0 Å². The van der Waals surface area contributed by atoms with Gasteiger partial charge in [-0.05, 0) is 30.2 Å². The summed E-state index contributed by atoms with van der Waals surface area (Å²) < 4.78 is 2.18. The molecule has 0 saturated heterocycles. The number of rotatable bonds is 2. The maximum Gasteiger partial charge on any atom is 0.432 e. The zero-order chi connectivity index (χ0) is 18.4. The highest BCUT2D eigenvalue weighted by atomic mass is 16.7. The van der Waals surface area contributed by atoms with Gasteiger partial charge in [-0.1, -0.05) is 30.3 Å². The number of hydrogen-bond donors (Lipinski definition) is 2. The van der Waals surface area contributed by atoms with Gasteiger partial charge in [-0.15, -0.1) is 5.06 Å². The molecule has 2 N–H and O–H groups in total. The number of para-hydroxylation sites is 2. The summed E-state index contributed by atoms with van der Waals surface area (Å²) in [7, 11) is 2.06. The summed E-state index contributed by atoms with van der Waals surface area (Å²) in [6.07, 6.45) is 0.310. The Kier molecular flexibility index (Phi) is 3.61. The Morgan fingerprint density at radius 2 is 1.93 bits per heavy atom. The molecule has 1 aliphatic heterocycles. The van der Waals surface area contributed by atoms with E-state index in [4.69, 9.17) is 4.84 Å². The molecular weight excluding hydrogens is 342 g/mol. The Hall–Kier alpha value is -3.32. The highest BCUT2D eigenvalue weighted by Crippen LogP contribution is 2.30. The lowest BCUT2D eigenvalue weighted by molar-refractivity contribution is -0.106. The third-order valence-corrected chi connectivity index (χ3v) is 5.18. The molecule has 0 bridgehead atoms. The van der Waals surface area contributed by atoms with Crippen LogP contribution in [-0.4, -0.2) is 32.5 Å². The fraction of sp³-hybridized carbons (Fsp3) is 0.200. The molecule has 1 aliphatic rings. The summed E-state index contributed by atoms with van der Waals surface area (Å²) in [6, 6.07) is 16.0. The Labute approximate surface area is 155 Å². The van der Waals surface area contributed by atoms with Gasteiger partial charge >= 0.3 is 6.09 Å². The highest BCUT2D eigenvalue weighted by molar-refractivity contribution is 5.96. The Bertz CT molecular complexity index is 1160. The first-order valence-electron chi connectivity index (χ1n) is 8.93. The topological polar surface area (TPSA) is 75.2 Å². The molecule has 2 aromatic heterocycles. The van der Waals surface area contributed by atoms with Crippen molar-refractivity contribution in [1.82, 2.24) is 19.8 Å². The molecule has 0 saturated carbocycles. The molecule has 7 nitrogen and oxygen atoms in total. The van der Waals surface area contributed by atoms with Crippen molar-refractivity contribution in [3.63, 3.8) is 0 Å². The number of benzene rings is 2. The van der Waals surface area contributed by atoms with Gasteiger partial charge in [0.2, 0.25) is 0 Å². The van der Waals surface area contributed by atoms with Crippen molar-refractivity contribution in [2.75, 3.05) is 11.9 Å². The second-order valence-corrected chi connectivity index (χ2v) is 6.74. The number of hydroxylamine groups is 2. The zero-order valence-electron chi connectivity index (χ0n) is 14.9. The second kappa shape index (κ2) is 6.14. The number of H-pyrrole nitrogens is 1. The smallest absolute Gasteiger partial charge is 0.350 e. The minimum atomic E-state index is -0.533. The first kappa shape index (κ1) is 15.9. The van der Waals surface area contributed by atoms with Crippen LogP contribution in [0.25, 0.3) is 21.8 Å². The molecule has 0 fully saturated rings. The molecule has 0 unspecified atom stereocenters. The predicted octanol–water partition coefficient (Wildman–Crippen LogP) is 3.58. The quantitative estimate of drug-likeness (QED) is 0.572. The lowest BCUT2D eigenvalue weighted by Crippen LogP contribution is -2.35. The van der Waals surface area contributed by atoms with E-state index in [1.807, 2.05) is 30.3 Å². The summed E-state index contributed by atoms with van der Waals surface area (Å²) in [5.41, 5.74) is 4.59. The maximum absolute atomic E-state index is 12.4. The number of carbonyl (C=O) groups is 1. The third-order valence-electron chi connectivity index (χ3n) is 5.18. The van der Waals surface area contributed by atoms with E-state index in [-0.39, 0.29) is 0 Å². The van der Waals surface area contributed by atoms with Gasteiger partial charge in [-0.2, -0.15) is 5.10 Å². The van der Waals surface area contributed by atoms with Crippen LogP contribution in [0.5, 0.6) is 0 Å². The van der Waals surface area contributed by atoms with E-state index in [1.165, 1.54) is 22.2 Å². The molecule has 4 aromatic rings. The lowest BCUT2D eigenvalue weighted by atomic mass is 10.0. The molecule has 7 heteroatoms. The van der Waals surface area contributed by atoms with Gasteiger partial charge < -0.3 is 9.40 Å². The number of aromatic amines is 1. The number of aryl methyl sites for hydroxylation is 1. The fourth-order valence-electron chi connectivity index (χ4n) is 3.86. The molecule has 27 heavy (non-hydrogen) atoms. The summed E-state index contributed by atoms with van der Waals surface area (Å²) >= 11 is 0. The second-order valence-electron chi connectivity index (χ2n) is 6.74. The number of amides is 1. The van der Waals surface area contributed by atoms with E-state index >= 15 is 0 Å². The first-order chi connectivity index (χ1) is 13.2. The van der Waals surface area contributed by atoms with Crippen molar-refractivity contribution in [3.8, 4) is 0 Å². The normalized spacial score (nSPS) is 14.4. The SMILES string of the molecule is Cn1c2c(c3ccccc31)CCN(OC(=O)Nc1n[nH]c3ccccc13)C2. The van der Waals surface area contributed by atoms with Crippen LogP contribution in [0.2, 0.25) is 0 Å². The zero-order valence-corrected chi connectivity index (χ0v) is 14.9. The monoisotopic (exact) mass is 361 g/mol. The Balaban J connectivity index is 1.33. The molecule has 1 amide bonds. The standard InChI is InChI=1S/C20H19N5O2/c1-24-17-9-5-3-6-13(17)14-10-11-25(12-18(14)24)27-20(26)21-19-15-7-2-4-8-16(15)22-23-19/h2-9H,10-12H2,1H3,(H2,21,22,23,26). The molecule has 0 spiro atoms. The summed E-state index contributed by atoms with van der Waals surface area (Å²) in [4.78, 5) is 17.9. The molecule has 5 rings (SSSR count). The van der Waals surface area contributed by atoms with E-state index in [2.05, 4.69) is 45.3 Å². The largest absolute Gasteiger partial charge is 0.432 e. The van der Waals surface area contributed by atoms with E-state index in [9.17, 15) is 4.79 Å². The predicted molar refractivity (Wildman–Crippen MR) is 103 cm³/mol. The molecule has 0 radical (unpaired) electrons. The third kappa shape index (κ3) is 2.63. The number of hydrogen-bond acceptors (Lipinski definition) is 4. The van der Waals surface area contributed by atoms with Gasteiger partial charge in [0, 0.05) is 35.6 Å². The van der Waals surface area contributed by atoms with Crippen LogP contribution in [0.4, 0.5) is 10.6 Å². The van der Waals surface area contributed by atoms with Crippen molar-refractivity contribution in [2.24, 2.45) is 7.05 Å². The lowest BCUT2D eigenvalue weighted by Gasteiger charge is -2.26. The minimum absolute atomic E-state index is 0.470. The van der Waals surface area contributed by atoms with Crippen LogP contribution in [0.15, 0.2) is 48.5 Å². The number of aromatic nitrogens is 3. The number of carbonyl (C=O) groups excluding carboxylic acids is 1. The van der Waals surface area contributed by atoms with Crippen molar-refractivity contribution in [3.05, 3.63) is 59.8 Å². The van der Waals surface area contributed by atoms with Crippen LogP contribution >= 0.6 is 0 Å². The average Bonchev–Trinajstić information content (AvgIpc) is 3.22. The van der Waals surface area contributed by atoms with Gasteiger partial charge in [0.15, 0.2) is 5.82 Å². The van der Waals surface area contributed by atoms with Gasteiger partial charge in [-0.3, -0.25) is 10.4 Å². The number of nitrogens with one attached hydrogen (secondary N) is 2. The van der Waals surface area contributed by atoms with Crippen LogP contribution in [0.3, 0.4) is 0 Å². The number of nitrogens with zero attached hydrogens (tertiary/aromatic N) is 3. The average molecular weight is 361 g/mol. The molecule has 0 atom stereocenters. The van der Waals surface area contributed by atoms with Crippen LogP contribution in [-0.2, 0) is 24.9 Å². The van der Waals surface area contributed by atoms with Crippen LogP contribution in [0, 0.1) is 0 Å². The summed E-state index contributed by atoms with van der Waals surface area (Å²) in [6.45, 7) is 1.23. The van der Waals surface area contributed by atoms with Gasteiger partial charge in [0.1, 0.15) is 0 Å². The molecule has 3 heterocycles. The van der Waals surface area contributed by atoms with Crippen LogP contribution < -0.4 is 5.32 Å². The molecular formula is C20H19N5O2. The molecule has 0 aliphatic carbocycles. The highest BCUT2D eigenvalue weighted by Gasteiger charge is 2.25. The minimum Gasteiger partial charge on any atom is -0.350 e. The fourth-order valence-corrected chi connectivity index (χ4v) is 3.86. The van der Waals surface area contributed by atoms with E-state index < -0.39 is 6.09 Å².